The van der Waals surface area contributed by atoms with Crippen LogP contribution in [0.25, 0.3) is 0 Å². The molecule has 0 spiro atoms. The SMILES string of the molecule is COc1ccc(OC)c(CCNC(=O)C(NC(=O)COc2ccccc2)C(C)C)c1. The molecule has 0 aromatic heterocycles. The third-order valence-electron chi connectivity index (χ3n) is 4.56. The van der Waals surface area contributed by atoms with E-state index in [9.17, 15) is 9.59 Å². The van der Waals surface area contributed by atoms with E-state index in [4.69, 9.17) is 14.2 Å². The second-order valence-electron chi connectivity index (χ2n) is 7.11. The third-order valence-corrected chi connectivity index (χ3v) is 4.56. The maximum Gasteiger partial charge on any atom is 0.258 e. The topological polar surface area (TPSA) is 85.9 Å². The molecule has 7 nitrogen and oxygen atoms in total. The molecule has 0 bridgehead atoms. The lowest BCUT2D eigenvalue weighted by Gasteiger charge is -2.22. The van der Waals surface area contributed by atoms with Gasteiger partial charge < -0.3 is 24.8 Å². The van der Waals surface area contributed by atoms with E-state index in [-0.39, 0.29) is 24.3 Å². The van der Waals surface area contributed by atoms with Gasteiger partial charge in [0.15, 0.2) is 6.61 Å². The van der Waals surface area contributed by atoms with Gasteiger partial charge in [-0.2, -0.15) is 0 Å². The summed E-state index contributed by atoms with van der Waals surface area (Å²) in [7, 11) is 3.20. The van der Waals surface area contributed by atoms with Crippen LogP contribution in [-0.4, -0.2) is 45.2 Å². The first-order chi connectivity index (χ1) is 14.4. The molecule has 162 valence electrons. The Morgan fingerprint density at radius 1 is 0.967 bits per heavy atom. The van der Waals surface area contributed by atoms with Crippen LogP contribution in [-0.2, 0) is 16.0 Å². The van der Waals surface area contributed by atoms with E-state index in [1.54, 1.807) is 26.4 Å². The first kappa shape index (κ1) is 23.1. The van der Waals surface area contributed by atoms with Gasteiger partial charge in [0.05, 0.1) is 14.2 Å². The lowest BCUT2D eigenvalue weighted by molar-refractivity contribution is -0.131. The Morgan fingerprint density at radius 2 is 1.70 bits per heavy atom. The van der Waals surface area contributed by atoms with Crippen molar-refractivity contribution in [1.29, 1.82) is 0 Å². The fraction of sp³-hybridized carbons (Fsp3) is 0.391. The highest BCUT2D eigenvalue weighted by molar-refractivity contribution is 5.88. The van der Waals surface area contributed by atoms with Gasteiger partial charge in [-0.1, -0.05) is 32.0 Å². The predicted molar refractivity (Wildman–Crippen MR) is 115 cm³/mol. The molecule has 0 saturated heterocycles. The van der Waals surface area contributed by atoms with Gasteiger partial charge in [0.25, 0.3) is 5.91 Å². The van der Waals surface area contributed by atoms with Gasteiger partial charge in [-0.3, -0.25) is 9.59 Å². The zero-order chi connectivity index (χ0) is 21.9. The number of hydrogen-bond acceptors (Lipinski definition) is 5. The van der Waals surface area contributed by atoms with Gasteiger partial charge in [-0.05, 0) is 48.2 Å². The van der Waals surface area contributed by atoms with Crippen LogP contribution in [0.15, 0.2) is 48.5 Å². The molecule has 0 aliphatic heterocycles. The summed E-state index contributed by atoms with van der Waals surface area (Å²) in [4.78, 5) is 24.9. The highest BCUT2D eigenvalue weighted by Crippen LogP contribution is 2.24. The molecule has 2 amide bonds. The van der Waals surface area contributed by atoms with E-state index in [2.05, 4.69) is 10.6 Å². The number of carbonyl (C=O) groups is 2. The Morgan fingerprint density at radius 3 is 2.33 bits per heavy atom. The van der Waals surface area contributed by atoms with Crippen molar-refractivity contribution in [3.63, 3.8) is 0 Å². The van der Waals surface area contributed by atoms with Crippen molar-refractivity contribution >= 4 is 11.8 Å². The minimum atomic E-state index is -0.649. The number of hydrogen-bond donors (Lipinski definition) is 2. The van der Waals surface area contributed by atoms with Crippen molar-refractivity contribution in [2.45, 2.75) is 26.3 Å². The summed E-state index contributed by atoms with van der Waals surface area (Å²) in [5, 5.41) is 5.64. The van der Waals surface area contributed by atoms with Crippen LogP contribution in [0.4, 0.5) is 0 Å². The number of rotatable bonds is 11. The molecular weight excluding hydrogens is 384 g/mol. The fourth-order valence-electron chi connectivity index (χ4n) is 2.92. The minimum Gasteiger partial charge on any atom is -0.497 e. The van der Waals surface area contributed by atoms with E-state index in [0.29, 0.717) is 18.7 Å². The molecule has 0 fully saturated rings. The van der Waals surface area contributed by atoms with E-state index in [0.717, 1.165) is 17.1 Å². The van der Waals surface area contributed by atoms with Crippen LogP contribution in [0, 0.1) is 5.92 Å². The van der Waals surface area contributed by atoms with Crippen molar-refractivity contribution in [3.8, 4) is 17.2 Å². The second-order valence-corrected chi connectivity index (χ2v) is 7.11. The molecule has 0 saturated carbocycles. The standard InChI is InChI=1S/C23H30N2O5/c1-16(2)22(25-21(26)15-30-18-8-6-5-7-9-18)23(27)24-13-12-17-14-19(28-3)10-11-20(17)29-4/h5-11,14,16,22H,12-13,15H2,1-4H3,(H,24,27)(H,25,26). The van der Waals surface area contributed by atoms with Gasteiger partial charge in [0.1, 0.15) is 23.3 Å². The minimum absolute atomic E-state index is 0.0722. The van der Waals surface area contributed by atoms with Gasteiger partial charge >= 0.3 is 0 Å². The summed E-state index contributed by atoms with van der Waals surface area (Å²) < 4.78 is 16.1. The Kier molecular flexibility index (Phi) is 9.00. The van der Waals surface area contributed by atoms with Gasteiger partial charge in [0, 0.05) is 6.54 Å². The van der Waals surface area contributed by atoms with Gasteiger partial charge in [-0.25, -0.2) is 0 Å². The highest BCUT2D eigenvalue weighted by Gasteiger charge is 2.24. The summed E-state index contributed by atoms with van der Waals surface area (Å²) in [6.45, 7) is 4.02. The molecule has 2 aromatic carbocycles. The van der Waals surface area contributed by atoms with Crippen molar-refractivity contribution in [1.82, 2.24) is 10.6 Å². The van der Waals surface area contributed by atoms with E-state index in [1.165, 1.54) is 0 Å². The van der Waals surface area contributed by atoms with E-state index >= 15 is 0 Å². The molecule has 1 atom stereocenters. The number of para-hydroxylation sites is 1. The number of amides is 2. The maximum atomic E-state index is 12.6. The van der Waals surface area contributed by atoms with Crippen molar-refractivity contribution in [3.05, 3.63) is 54.1 Å². The average Bonchev–Trinajstić information content (AvgIpc) is 2.76. The molecule has 7 heteroatoms. The molecule has 0 aliphatic rings. The van der Waals surface area contributed by atoms with E-state index in [1.807, 2.05) is 50.2 Å². The summed E-state index contributed by atoms with van der Waals surface area (Å²) in [6.07, 6.45) is 0.571. The van der Waals surface area contributed by atoms with Gasteiger partial charge in [-0.15, -0.1) is 0 Å². The van der Waals surface area contributed by atoms with Crippen LogP contribution in [0.1, 0.15) is 19.4 Å². The van der Waals surface area contributed by atoms with Gasteiger partial charge in [0.2, 0.25) is 5.91 Å². The van der Waals surface area contributed by atoms with Crippen molar-refractivity contribution in [2.24, 2.45) is 5.92 Å². The summed E-state index contributed by atoms with van der Waals surface area (Å²) in [6, 6.07) is 14.0. The van der Waals surface area contributed by atoms with Crippen LogP contribution in [0.5, 0.6) is 17.2 Å². The lowest BCUT2D eigenvalue weighted by Crippen LogP contribution is -2.51. The second kappa shape index (κ2) is 11.7. The van der Waals surface area contributed by atoms with Crippen molar-refractivity contribution < 1.29 is 23.8 Å². The quantitative estimate of drug-likeness (QED) is 0.590. The number of nitrogens with one attached hydrogen (secondary N) is 2. The van der Waals surface area contributed by atoms with Crippen molar-refractivity contribution in [2.75, 3.05) is 27.4 Å². The zero-order valence-electron chi connectivity index (χ0n) is 17.9. The largest absolute Gasteiger partial charge is 0.497 e. The molecule has 30 heavy (non-hydrogen) atoms. The number of benzene rings is 2. The molecule has 2 N–H and O–H groups in total. The van der Waals surface area contributed by atoms with Crippen LogP contribution >= 0.6 is 0 Å². The van der Waals surface area contributed by atoms with Crippen LogP contribution < -0.4 is 24.8 Å². The normalized spacial score (nSPS) is 11.5. The molecular formula is C23H30N2O5. The molecule has 2 rings (SSSR count). The van der Waals surface area contributed by atoms with E-state index < -0.39 is 6.04 Å². The predicted octanol–water partition coefficient (Wildman–Crippen LogP) is 2.58. The Bertz CT molecular complexity index is 824. The third kappa shape index (κ3) is 6.99. The van der Waals surface area contributed by atoms with Crippen LogP contribution in [0.3, 0.4) is 0 Å². The smallest absolute Gasteiger partial charge is 0.258 e. The molecule has 0 aliphatic carbocycles. The first-order valence-corrected chi connectivity index (χ1v) is 9.90. The average molecular weight is 415 g/mol. The summed E-state index contributed by atoms with van der Waals surface area (Å²) in [5.74, 6) is 1.41. The number of ether oxygens (including phenoxy) is 3. The summed E-state index contributed by atoms with van der Waals surface area (Å²) in [5.41, 5.74) is 0.929. The first-order valence-electron chi connectivity index (χ1n) is 9.90. The maximum absolute atomic E-state index is 12.6. The highest BCUT2D eigenvalue weighted by atomic mass is 16.5. The molecule has 0 radical (unpaired) electrons. The monoisotopic (exact) mass is 414 g/mol. The molecule has 1 unspecified atom stereocenters. The summed E-state index contributed by atoms with van der Waals surface area (Å²) >= 11 is 0. The Balaban J connectivity index is 1.87. The fourth-order valence-corrected chi connectivity index (χ4v) is 2.92. The Hall–Kier alpha value is -3.22. The van der Waals surface area contributed by atoms with Crippen LogP contribution in [0.2, 0.25) is 0 Å². The molecule has 0 heterocycles. The molecule has 2 aromatic rings. The number of carbonyl (C=O) groups excluding carboxylic acids is 2. The Labute approximate surface area is 177 Å². The number of methoxy groups -OCH3 is 2. The lowest BCUT2D eigenvalue weighted by atomic mass is 10.0. The zero-order valence-corrected chi connectivity index (χ0v) is 17.9.